The van der Waals surface area contributed by atoms with E-state index in [9.17, 15) is 4.79 Å². The molecule has 2 rings (SSSR count). The van der Waals surface area contributed by atoms with E-state index in [4.69, 9.17) is 9.47 Å². The molecule has 0 saturated carbocycles. The Morgan fingerprint density at radius 1 is 1.08 bits per heavy atom. The molecule has 2 N–H and O–H groups in total. The van der Waals surface area contributed by atoms with Crippen LogP contribution in [0.1, 0.15) is 16.7 Å². The maximum atomic E-state index is 11.8. The molecule has 0 radical (unpaired) electrons. The second-order valence-corrected chi connectivity index (χ2v) is 5.59. The van der Waals surface area contributed by atoms with Crippen LogP contribution >= 0.6 is 0 Å². The molecular formula is C20H24N2O3. The first-order chi connectivity index (χ1) is 12.1. The molecule has 0 aliphatic carbocycles. The van der Waals surface area contributed by atoms with Crippen LogP contribution < -0.4 is 20.1 Å². The molecule has 0 aliphatic heterocycles. The fourth-order valence-electron chi connectivity index (χ4n) is 2.39. The summed E-state index contributed by atoms with van der Waals surface area (Å²) in [6.45, 7) is 2.56. The third kappa shape index (κ3) is 5.88. The zero-order chi connectivity index (χ0) is 18.1. The summed E-state index contributed by atoms with van der Waals surface area (Å²) in [5.41, 5.74) is 3.29. The predicted octanol–water partition coefficient (Wildman–Crippen LogP) is 3.52. The Kier molecular flexibility index (Phi) is 6.89. The minimum Gasteiger partial charge on any atom is -0.493 e. The molecule has 0 heterocycles. The second-order valence-electron chi connectivity index (χ2n) is 5.59. The van der Waals surface area contributed by atoms with Crippen molar-refractivity contribution in [3.05, 3.63) is 65.4 Å². The highest BCUT2D eigenvalue weighted by molar-refractivity contribution is 5.75. The van der Waals surface area contributed by atoms with E-state index in [1.54, 1.807) is 20.4 Å². The van der Waals surface area contributed by atoms with Gasteiger partial charge >= 0.3 is 6.03 Å². The van der Waals surface area contributed by atoms with Gasteiger partial charge in [0.1, 0.15) is 0 Å². The van der Waals surface area contributed by atoms with E-state index < -0.39 is 0 Å². The molecular weight excluding hydrogens is 316 g/mol. The lowest BCUT2D eigenvalue weighted by Crippen LogP contribution is -2.33. The summed E-state index contributed by atoms with van der Waals surface area (Å²) in [5, 5.41) is 5.52. The van der Waals surface area contributed by atoms with Gasteiger partial charge in [-0.25, -0.2) is 4.79 Å². The Morgan fingerprint density at radius 2 is 1.88 bits per heavy atom. The maximum Gasteiger partial charge on any atom is 0.318 e. The summed E-state index contributed by atoms with van der Waals surface area (Å²) in [5.74, 6) is 1.38. The normalized spacial score (nSPS) is 10.5. The van der Waals surface area contributed by atoms with Gasteiger partial charge in [0.15, 0.2) is 11.5 Å². The molecule has 25 heavy (non-hydrogen) atoms. The van der Waals surface area contributed by atoms with E-state index in [2.05, 4.69) is 10.6 Å². The molecule has 2 aromatic carbocycles. The third-order valence-corrected chi connectivity index (χ3v) is 3.68. The Labute approximate surface area is 148 Å². The van der Waals surface area contributed by atoms with Gasteiger partial charge in [0.05, 0.1) is 14.2 Å². The van der Waals surface area contributed by atoms with Gasteiger partial charge in [0.25, 0.3) is 0 Å². The highest BCUT2D eigenvalue weighted by atomic mass is 16.5. The highest BCUT2D eigenvalue weighted by Gasteiger charge is 2.05. The summed E-state index contributed by atoms with van der Waals surface area (Å²) in [4.78, 5) is 11.8. The van der Waals surface area contributed by atoms with Crippen molar-refractivity contribution in [3.63, 3.8) is 0 Å². The van der Waals surface area contributed by atoms with Crippen LogP contribution in [0.2, 0.25) is 0 Å². The van der Waals surface area contributed by atoms with E-state index in [0.29, 0.717) is 24.5 Å². The minimum atomic E-state index is -0.232. The number of benzene rings is 2. The lowest BCUT2D eigenvalue weighted by Gasteiger charge is -2.10. The number of rotatable bonds is 7. The SMILES string of the molecule is COc1ccc(CCNC(=O)N/C=C/c2cccc(C)c2)cc1OC. The Hall–Kier alpha value is -2.95. The molecule has 2 amide bonds. The van der Waals surface area contributed by atoms with Gasteiger partial charge in [-0.2, -0.15) is 0 Å². The number of methoxy groups -OCH3 is 2. The van der Waals surface area contributed by atoms with E-state index in [1.807, 2.05) is 55.5 Å². The van der Waals surface area contributed by atoms with Gasteiger partial charge in [-0.1, -0.05) is 35.9 Å². The van der Waals surface area contributed by atoms with Gasteiger partial charge in [-0.3, -0.25) is 0 Å². The van der Waals surface area contributed by atoms with Crippen molar-refractivity contribution in [2.24, 2.45) is 0 Å². The second kappa shape index (κ2) is 9.37. The van der Waals surface area contributed by atoms with E-state index in [0.717, 1.165) is 11.1 Å². The highest BCUT2D eigenvalue weighted by Crippen LogP contribution is 2.27. The summed E-state index contributed by atoms with van der Waals surface area (Å²) in [6, 6.07) is 13.6. The molecule has 0 unspecified atom stereocenters. The third-order valence-electron chi connectivity index (χ3n) is 3.68. The molecule has 0 saturated heterocycles. The number of ether oxygens (including phenoxy) is 2. The minimum absolute atomic E-state index is 0.232. The number of hydrogen-bond acceptors (Lipinski definition) is 3. The zero-order valence-electron chi connectivity index (χ0n) is 14.8. The van der Waals surface area contributed by atoms with E-state index in [1.165, 1.54) is 5.56 Å². The quantitative estimate of drug-likeness (QED) is 0.811. The van der Waals surface area contributed by atoms with Gasteiger partial charge in [-0.05, 0) is 42.7 Å². The molecule has 0 bridgehead atoms. The monoisotopic (exact) mass is 340 g/mol. The average Bonchev–Trinajstić information content (AvgIpc) is 2.61. The lowest BCUT2D eigenvalue weighted by atomic mass is 10.1. The number of amides is 2. The molecule has 132 valence electrons. The number of urea groups is 1. The van der Waals surface area contributed by atoms with Crippen LogP contribution in [-0.2, 0) is 6.42 Å². The Morgan fingerprint density at radius 3 is 2.60 bits per heavy atom. The number of aryl methyl sites for hydroxylation is 1. The first-order valence-corrected chi connectivity index (χ1v) is 8.11. The first kappa shape index (κ1) is 18.4. The van der Waals surface area contributed by atoms with Gasteiger partial charge in [0.2, 0.25) is 0 Å². The van der Waals surface area contributed by atoms with Crippen LogP contribution in [0.15, 0.2) is 48.7 Å². The summed E-state index contributed by atoms with van der Waals surface area (Å²) in [6.07, 6.45) is 4.21. The Balaban J connectivity index is 1.77. The van der Waals surface area contributed by atoms with Crippen molar-refractivity contribution in [2.45, 2.75) is 13.3 Å². The molecule has 0 fully saturated rings. The van der Waals surface area contributed by atoms with Gasteiger partial charge < -0.3 is 20.1 Å². The van der Waals surface area contributed by atoms with Gasteiger partial charge in [-0.15, -0.1) is 0 Å². The molecule has 5 nitrogen and oxygen atoms in total. The van der Waals surface area contributed by atoms with Crippen LogP contribution in [0.5, 0.6) is 11.5 Å². The van der Waals surface area contributed by atoms with E-state index >= 15 is 0 Å². The summed E-state index contributed by atoms with van der Waals surface area (Å²) in [7, 11) is 3.21. The van der Waals surface area contributed by atoms with Crippen molar-refractivity contribution in [1.29, 1.82) is 0 Å². The van der Waals surface area contributed by atoms with Gasteiger partial charge in [0, 0.05) is 12.7 Å². The Bertz CT molecular complexity index is 741. The number of hydrogen-bond donors (Lipinski definition) is 2. The maximum absolute atomic E-state index is 11.8. The van der Waals surface area contributed by atoms with Crippen molar-refractivity contribution in [1.82, 2.24) is 10.6 Å². The van der Waals surface area contributed by atoms with Crippen LogP contribution in [0.3, 0.4) is 0 Å². The number of carbonyl (C=O) groups is 1. The molecule has 0 aliphatic rings. The van der Waals surface area contributed by atoms with E-state index in [-0.39, 0.29) is 6.03 Å². The van der Waals surface area contributed by atoms with Crippen molar-refractivity contribution in [3.8, 4) is 11.5 Å². The topological polar surface area (TPSA) is 59.6 Å². The molecule has 0 spiro atoms. The van der Waals surface area contributed by atoms with Crippen LogP contribution in [0, 0.1) is 6.92 Å². The van der Waals surface area contributed by atoms with Crippen LogP contribution in [-0.4, -0.2) is 26.8 Å². The average molecular weight is 340 g/mol. The van der Waals surface area contributed by atoms with Crippen molar-refractivity contribution < 1.29 is 14.3 Å². The number of nitrogens with one attached hydrogen (secondary N) is 2. The number of carbonyl (C=O) groups excluding carboxylic acids is 1. The summed E-state index contributed by atoms with van der Waals surface area (Å²) < 4.78 is 10.5. The largest absolute Gasteiger partial charge is 0.493 e. The van der Waals surface area contributed by atoms with Crippen LogP contribution in [0.4, 0.5) is 4.79 Å². The smallest absolute Gasteiger partial charge is 0.318 e. The lowest BCUT2D eigenvalue weighted by molar-refractivity contribution is 0.244. The van der Waals surface area contributed by atoms with Crippen LogP contribution in [0.25, 0.3) is 6.08 Å². The molecule has 2 aromatic rings. The zero-order valence-corrected chi connectivity index (χ0v) is 14.8. The fourth-order valence-corrected chi connectivity index (χ4v) is 2.39. The summed E-state index contributed by atoms with van der Waals surface area (Å²) >= 11 is 0. The van der Waals surface area contributed by atoms with Crippen molar-refractivity contribution in [2.75, 3.05) is 20.8 Å². The predicted molar refractivity (Wildman–Crippen MR) is 100.0 cm³/mol. The standard InChI is InChI=1S/C20H24N2O3/c1-15-5-4-6-16(13-15)9-11-21-20(23)22-12-10-17-7-8-18(24-2)19(14-17)25-3/h4-9,11,13-14H,10,12H2,1-3H3,(H2,21,22,23)/b11-9+. The molecule has 5 heteroatoms. The first-order valence-electron chi connectivity index (χ1n) is 8.11. The molecule has 0 atom stereocenters. The fraction of sp³-hybridized carbons (Fsp3) is 0.250. The molecule has 0 aromatic heterocycles. The van der Waals surface area contributed by atoms with Crippen molar-refractivity contribution >= 4 is 12.1 Å².